The largest absolute Gasteiger partial charge is 0.480 e. The molecule has 4 nitrogen and oxygen atoms in total. The molecule has 0 saturated carbocycles. The lowest BCUT2D eigenvalue weighted by Gasteiger charge is -2.28. The van der Waals surface area contributed by atoms with E-state index in [2.05, 4.69) is 0 Å². The van der Waals surface area contributed by atoms with Gasteiger partial charge < -0.3 is 10.0 Å². The van der Waals surface area contributed by atoms with Gasteiger partial charge in [0.05, 0.1) is 5.41 Å². The molecule has 0 aliphatic carbocycles. The van der Waals surface area contributed by atoms with E-state index in [9.17, 15) is 22.8 Å². The fraction of sp³-hybridized carbons (Fsp3) is 0.778. The van der Waals surface area contributed by atoms with E-state index in [4.69, 9.17) is 5.11 Å². The Balaban J connectivity index is 4.51. The third-order valence-electron chi connectivity index (χ3n) is 2.16. The molecule has 0 spiro atoms. The zero-order chi connectivity index (χ0) is 13.1. The number of carboxylic acids is 1. The molecule has 0 aliphatic rings. The van der Waals surface area contributed by atoms with Crippen LogP contribution in [0.4, 0.5) is 13.2 Å². The summed E-state index contributed by atoms with van der Waals surface area (Å²) in [6.45, 7) is 1.20. The van der Waals surface area contributed by atoms with E-state index in [0.29, 0.717) is 0 Å². The van der Waals surface area contributed by atoms with Gasteiger partial charge in [-0.3, -0.25) is 9.59 Å². The van der Waals surface area contributed by atoms with Crippen LogP contribution in [0.1, 0.15) is 20.3 Å². The van der Waals surface area contributed by atoms with Crippen LogP contribution in [0.2, 0.25) is 0 Å². The number of carboxylic acid groups (broad SMARTS) is 1. The molecule has 0 aromatic heterocycles. The molecular weight excluding hydrogens is 227 g/mol. The number of rotatable bonds is 4. The van der Waals surface area contributed by atoms with Crippen molar-refractivity contribution in [3.63, 3.8) is 0 Å². The van der Waals surface area contributed by atoms with Crippen molar-refractivity contribution >= 4 is 11.9 Å². The van der Waals surface area contributed by atoms with Gasteiger partial charge in [0, 0.05) is 13.5 Å². The second-order valence-corrected chi connectivity index (χ2v) is 4.20. The van der Waals surface area contributed by atoms with Crippen molar-refractivity contribution in [3.05, 3.63) is 0 Å². The maximum absolute atomic E-state index is 12.4. The number of alkyl halides is 3. The maximum atomic E-state index is 12.4. The summed E-state index contributed by atoms with van der Waals surface area (Å²) < 4.78 is 37.3. The number of halogens is 3. The summed E-state index contributed by atoms with van der Waals surface area (Å²) in [5, 5.41) is 8.37. The van der Waals surface area contributed by atoms with Crippen LogP contribution >= 0.6 is 0 Å². The van der Waals surface area contributed by atoms with Gasteiger partial charge in [-0.2, -0.15) is 13.2 Å². The Morgan fingerprint density at radius 1 is 1.25 bits per heavy atom. The van der Waals surface area contributed by atoms with E-state index in [1.807, 2.05) is 0 Å². The number of carbonyl (C=O) groups excluding carboxylic acids is 1. The Morgan fingerprint density at radius 2 is 1.69 bits per heavy atom. The summed E-state index contributed by atoms with van der Waals surface area (Å²) in [4.78, 5) is 22.3. The highest BCUT2D eigenvalue weighted by Crippen LogP contribution is 2.40. The second-order valence-electron chi connectivity index (χ2n) is 4.20. The molecule has 16 heavy (non-hydrogen) atoms. The number of likely N-dealkylation sites (N-methyl/N-ethyl adjacent to an activating group) is 1. The molecule has 0 atom stereocenters. The Bertz CT molecular complexity index is 286. The lowest BCUT2D eigenvalue weighted by atomic mass is 9.88. The van der Waals surface area contributed by atoms with Gasteiger partial charge in [0.15, 0.2) is 0 Å². The standard InChI is InChI=1S/C9H14F3NO3/c1-8(2,9(10,11)12)4-6(14)13(3)5-7(15)16/h4-5H2,1-3H3,(H,15,16). The minimum Gasteiger partial charge on any atom is -0.480 e. The first-order chi connectivity index (χ1) is 6.97. The molecule has 0 aliphatic heterocycles. The maximum Gasteiger partial charge on any atom is 0.394 e. The fourth-order valence-electron chi connectivity index (χ4n) is 0.904. The van der Waals surface area contributed by atoms with Crippen molar-refractivity contribution in [2.75, 3.05) is 13.6 Å². The molecule has 1 N–H and O–H groups in total. The van der Waals surface area contributed by atoms with Crippen LogP contribution in [0, 0.1) is 5.41 Å². The van der Waals surface area contributed by atoms with E-state index in [-0.39, 0.29) is 0 Å². The molecule has 0 aromatic carbocycles. The van der Waals surface area contributed by atoms with Gasteiger partial charge in [0.25, 0.3) is 0 Å². The van der Waals surface area contributed by atoms with E-state index in [0.717, 1.165) is 25.8 Å². The Kier molecular flexibility index (Phi) is 4.34. The van der Waals surface area contributed by atoms with Gasteiger partial charge in [-0.25, -0.2) is 0 Å². The number of hydrogen-bond acceptors (Lipinski definition) is 2. The predicted octanol–water partition coefficient (Wildman–Crippen LogP) is 1.51. The summed E-state index contributed by atoms with van der Waals surface area (Å²) in [6.07, 6.45) is -5.26. The quantitative estimate of drug-likeness (QED) is 0.811. The first kappa shape index (κ1) is 14.7. The molecule has 0 unspecified atom stereocenters. The van der Waals surface area contributed by atoms with Crippen molar-refractivity contribution < 1.29 is 27.9 Å². The smallest absolute Gasteiger partial charge is 0.394 e. The zero-order valence-electron chi connectivity index (χ0n) is 9.26. The van der Waals surface area contributed by atoms with Gasteiger partial charge in [-0.1, -0.05) is 13.8 Å². The van der Waals surface area contributed by atoms with E-state index < -0.39 is 36.4 Å². The third-order valence-corrected chi connectivity index (χ3v) is 2.16. The Hall–Kier alpha value is -1.27. The second kappa shape index (κ2) is 4.71. The molecule has 0 bridgehead atoms. The molecule has 0 radical (unpaired) electrons. The monoisotopic (exact) mass is 241 g/mol. The summed E-state index contributed by atoms with van der Waals surface area (Å²) >= 11 is 0. The van der Waals surface area contributed by atoms with Crippen LogP contribution in [0.3, 0.4) is 0 Å². The van der Waals surface area contributed by atoms with Crippen LogP contribution in [0.5, 0.6) is 0 Å². The first-order valence-electron chi connectivity index (χ1n) is 4.50. The topological polar surface area (TPSA) is 57.6 Å². The minimum atomic E-state index is -4.49. The molecule has 0 aromatic rings. The molecule has 94 valence electrons. The number of aliphatic carboxylic acids is 1. The number of nitrogens with zero attached hydrogens (tertiary/aromatic N) is 1. The van der Waals surface area contributed by atoms with Crippen LogP contribution in [0.25, 0.3) is 0 Å². The summed E-state index contributed by atoms with van der Waals surface area (Å²) in [7, 11) is 1.16. The lowest BCUT2D eigenvalue weighted by molar-refractivity contribution is -0.215. The van der Waals surface area contributed by atoms with E-state index in [1.54, 1.807) is 0 Å². The van der Waals surface area contributed by atoms with Crippen LogP contribution in [-0.2, 0) is 9.59 Å². The van der Waals surface area contributed by atoms with Gasteiger partial charge in [-0.15, -0.1) is 0 Å². The molecule has 0 rings (SSSR count). The summed E-state index contributed by atoms with van der Waals surface area (Å²) in [6, 6.07) is 0. The zero-order valence-corrected chi connectivity index (χ0v) is 9.26. The average Bonchev–Trinajstić information content (AvgIpc) is 1.99. The summed E-state index contributed by atoms with van der Waals surface area (Å²) in [5.74, 6) is -2.11. The number of carbonyl (C=O) groups is 2. The van der Waals surface area contributed by atoms with Crippen molar-refractivity contribution in [1.29, 1.82) is 0 Å². The van der Waals surface area contributed by atoms with Crippen molar-refractivity contribution in [2.45, 2.75) is 26.4 Å². The molecule has 1 amide bonds. The Labute approximate surface area is 91.0 Å². The first-order valence-corrected chi connectivity index (χ1v) is 4.50. The third kappa shape index (κ3) is 4.08. The fourth-order valence-corrected chi connectivity index (χ4v) is 0.904. The van der Waals surface area contributed by atoms with Gasteiger partial charge >= 0.3 is 12.1 Å². The molecule has 0 heterocycles. The predicted molar refractivity (Wildman–Crippen MR) is 49.7 cm³/mol. The van der Waals surface area contributed by atoms with Crippen LogP contribution < -0.4 is 0 Å². The molecule has 7 heteroatoms. The minimum absolute atomic E-state index is 0.604. The molecular formula is C9H14F3NO3. The van der Waals surface area contributed by atoms with Crippen LogP contribution in [-0.4, -0.2) is 41.7 Å². The highest BCUT2D eigenvalue weighted by Gasteiger charge is 2.48. The van der Waals surface area contributed by atoms with Crippen molar-refractivity contribution in [3.8, 4) is 0 Å². The Morgan fingerprint density at radius 3 is 2.00 bits per heavy atom. The average molecular weight is 241 g/mol. The highest BCUT2D eigenvalue weighted by atomic mass is 19.4. The van der Waals surface area contributed by atoms with E-state index >= 15 is 0 Å². The van der Waals surface area contributed by atoms with Crippen molar-refractivity contribution in [2.24, 2.45) is 5.41 Å². The number of hydrogen-bond donors (Lipinski definition) is 1. The lowest BCUT2D eigenvalue weighted by Crippen LogP contribution is -2.40. The molecule has 0 saturated heterocycles. The van der Waals surface area contributed by atoms with Gasteiger partial charge in [-0.05, 0) is 0 Å². The highest BCUT2D eigenvalue weighted by molar-refractivity contribution is 5.81. The van der Waals surface area contributed by atoms with Gasteiger partial charge in [0.1, 0.15) is 6.54 Å². The normalized spacial score (nSPS) is 12.4. The van der Waals surface area contributed by atoms with E-state index in [1.165, 1.54) is 0 Å². The molecule has 0 fully saturated rings. The van der Waals surface area contributed by atoms with Crippen LogP contribution in [0.15, 0.2) is 0 Å². The number of amides is 1. The van der Waals surface area contributed by atoms with Gasteiger partial charge in [0.2, 0.25) is 5.91 Å². The van der Waals surface area contributed by atoms with Crippen molar-refractivity contribution in [1.82, 2.24) is 4.90 Å². The SMILES string of the molecule is CN(CC(=O)O)C(=O)CC(C)(C)C(F)(F)F. The summed E-state index contributed by atoms with van der Waals surface area (Å²) in [5.41, 5.74) is -2.16.